The molecule has 0 aliphatic carbocycles. The number of allylic oxidation sites excluding steroid dienone is 19. The molecule has 3 unspecified atom stereocenters. The predicted molar refractivity (Wildman–Crippen MR) is 350 cm³/mol. The number of hydrogen-bond donors (Lipinski definition) is 2. The van der Waals surface area contributed by atoms with Crippen LogP contribution >= 0.6 is 7.82 Å². The molecule has 0 heterocycles. The van der Waals surface area contributed by atoms with Gasteiger partial charge in [-0.05, 0) is 122 Å². The zero-order valence-corrected chi connectivity index (χ0v) is 53.9. The molecular weight excluding hydrogens is 1020 g/mol. The van der Waals surface area contributed by atoms with E-state index in [1.165, 1.54) is 103 Å². The quantitative estimate of drug-likeness (QED) is 0.0205. The van der Waals surface area contributed by atoms with Gasteiger partial charge in [0.05, 0.1) is 33.8 Å². The number of phosphoric ester groups is 1. The SMILES string of the molecule is CC/C=C\C/C=C\C/C=C\C/C=C\C/C=C\CCCCCCCCCC(=O)NC(COP(=O)(O)OCC[N+](C)(C)C)C(/C=C\CCCCCCCCCCCCC)OC(=O)CCCCC/C=C\C/C=C\C/C=C\C/C=C\CCCCC. The van der Waals surface area contributed by atoms with E-state index < -0.39 is 20.0 Å². The second-order valence-electron chi connectivity index (χ2n) is 22.9. The molecule has 81 heavy (non-hydrogen) atoms. The zero-order chi connectivity index (χ0) is 59.3. The van der Waals surface area contributed by atoms with Crippen molar-refractivity contribution >= 4 is 19.7 Å². The van der Waals surface area contributed by atoms with E-state index in [0.717, 1.165) is 122 Å². The maximum atomic E-state index is 13.6. The number of esters is 1. The van der Waals surface area contributed by atoms with Crippen molar-refractivity contribution in [1.82, 2.24) is 5.32 Å². The number of rotatable bonds is 58. The van der Waals surface area contributed by atoms with E-state index in [1.54, 1.807) is 0 Å². The lowest BCUT2D eigenvalue weighted by Crippen LogP contribution is -2.47. The third-order valence-corrected chi connectivity index (χ3v) is 14.9. The van der Waals surface area contributed by atoms with E-state index in [-0.39, 0.29) is 31.5 Å². The largest absolute Gasteiger partial charge is 0.472 e. The van der Waals surface area contributed by atoms with E-state index >= 15 is 0 Å². The third kappa shape index (κ3) is 60.8. The van der Waals surface area contributed by atoms with Crippen LogP contribution in [0.4, 0.5) is 0 Å². The highest BCUT2D eigenvalue weighted by atomic mass is 31.2. The monoisotopic (exact) mass is 1150 g/mol. The van der Waals surface area contributed by atoms with Crippen LogP contribution in [0.3, 0.4) is 0 Å². The van der Waals surface area contributed by atoms with Crippen molar-refractivity contribution < 1.29 is 37.3 Å². The van der Waals surface area contributed by atoms with Crippen LogP contribution in [0.5, 0.6) is 0 Å². The van der Waals surface area contributed by atoms with Crippen molar-refractivity contribution in [2.45, 2.75) is 277 Å². The zero-order valence-electron chi connectivity index (χ0n) is 53.0. The minimum atomic E-state index is -4.47. The van der Waals surface area contributed by atoms with Crippen LogP contribution < -0.4 is 5.32 Å². The fourth-order valence-electron chi connectivity index (χ4n) is 8.83. The van der Waals surface area contributed by atoms with Crippen LogP contribution in [0.25, 0.3) is 0 Å². The molecule has 0 fully saturated rings. The van der Waals surface area contributed by atoms with Crippen molar-refractivity contribution in [3.63, 3.8) is 0 Å². The highest BCUT2D eigenvalue weighted by Crippen LogP contribution is 2.43. The molecule has 0 aromatic rings. The summed E-state index contributed by atoms with van der Waals surface area (Å²) in [6.45, 7) is 6.84. The highest BCUT2D eigenvalue weighted by Gasteiger charge is 2.30. The number of nitrogens with zero attached hydrogens (tertiary/aromatic N) is 1. The number of phosphoric acid groups is 1. The van der Waals surface area contributed by atoms with Gasteiger partial charge in [-0.3, -0.25) is 18.6 Å². The normalized spacial score (nSPS) is 14.4. The summed E-state index contributed by atoms with van der Waals surface area (Å²) in [4.78, 5) is 37.8. The molecule has 0 aromatic carbocycles. The van der Waals surface area contributed by atoms with Gasteiger partial charge >= 0.3 is 13.8 Å². The van der Waals surface area contributed by atoms with Gasteiger partial charge in [-0.1, -0.05) is 252 Å². The van der Waals surface area contributed by atoms with Gasteiger partial charge < -0.3 is 19.4 Å². The summed E-state index contributed by atoms with van der Waals surface area (Å²) in [5.41, 5.74) is 0. The number of carbonyl (C=O) groups excluding carboxylic acids is 2. The van der Waals surface area contributed by atoms with Crippen LogP contribution in [-0.4, -0.2) is 74.3 Å². The van der Waals surface area contributed by atoms with E-state index in [0.29, 0.717) is 23.9 Å². The van der Waals surface area contributed by atoms with Gasteiger partial charge in [0.25, 0.3) is 0 Å². The molecule has 2 N–H and O–H groups in total. The summed E-state index contributed by atoms with van der Waals surface area (Å²) in [7, 11) is 1.45. The number of unbranched alkanes of at least 4 members (excludes halogenated alkanes) is 24. The Bertz CT molecular complexity index is 1800. The molecule has 0 spiro atoms. The van der Waals surface area contributed by atoms with Crippen LogP contribution in [0, 0.1) is 0 Å². The summed E-state index contributed by atoms with van der Waals surface area (Å²) >= 11 is 0. The van der Waals surface area contributed by atoms with Crippen LogP contribution in [0.2, 0.25) is 0 Å². The fraction of sp³-hybridized carbons (Fsp3) is 0.690. The summed E-state index contributed by atoms with van der Waals surface area (Å²) in [5.74, 6) is -0.559. The number of nitrogens with one attached hydrogen (secondary N) is 1. The lowest BCUT2D eigenvalue weighted by Gasteiger charge is -2.27. The molecule has 0 rings (SSSR count). The molecule has 10 heteroatoms. The van der Waals surface area contributed by atoms with Gasteiger partial charge in [-0.25, -0.2) is 4.57 Å². The van der Waals surface area contributed by atoms with Gasteiger partial charge in [-0.15, -0.1) is 0 Å². The Morgan fingerprint density at radius 2 is 0.790 bits per heavy atom. The topological polar surface area (TPSA) is 111 Å². The van der Waals surface area contributed by atoms with Crippen LogP contribution in [0.1, 0.15) is 265 Å². The molecule has 0 aliphatic heterocycles. The average Bonchev–Trinajstić information content (AvgIpc) is 3.44. The Morgan fingerprint density at radius 1 is 0.444 bits per heavy atom. The first-order chi connectivity index (χ1) is 39.4. The third-order valence-electron chi connectivity index (χ3n) is 13.9. The Kier molecular flexibility index (Phi) is 56.9. The van der Waals surface area contributed by atoms with Gasteiger partial charge in [0.2, 0.25) is 5.91 Å². The predicted octanol–water partition coefficient (Wildman–Crippen LogP) is 20.7. The molecule has 464 valence electrons. The minimum Gasteiger partial charge on any atom is -0.456 e. The lowest BCUT2D eigenvalue weighted by atomic mass is 10.0. The van der Waals surface area contributed by atoms with Crippen molar-refractivity contribution in [3.8, 4) is 0 Å². The molecular formula is C71H124N2O7P+. The number of hydrogen-bond acceptors (Lipinski definition) is 6. The number of ether oxygens (including phenoxy) is 1. The Morgan fingerprint density at radius 3 is 1.22 bits per heavy atom. The van der Waals surface area contributed by atoms with Gasteiger partial charge in [0.15, 0.2) is 0 Å². The maximum Gasteiger partial charge on any atom is 0.472 e. The summed E-state index contributed by atoms with van der Waals surface area (Å²) in [5, 5.41) is 3.05. The molecule has 0 aromatic heterocycles. The molecule has 9 nitrogen and oxygen atoms in total. The van der Waals surface area contributed by atoms with Gasteiger partial charge in [0, 0.05) is 12.8 Å². The molecule has 0 aliphatic rings. The van der Waals surface area contributed by atoms with Gasteiger partial charge in [0.1, 0.15) is 19.3 Å². The van der Waals surface area contributed by atoms with E-state index in [9.17, 15) is 19.0 Å². The van der Waals surface area contributed by atoms with Crippen LogP contribution in [-0.2, 0) is 27.9 Å². The average molecular weight is 1150 g/mol. The minimum absolute atomic E-state index is 0.0261. The van der Waals surface area contributed by atoms with Crippen molar-refractivity contribution in [1.29, 1.82) is 0 Å². The molecule has 1 amide bonds. The summed E-state index contributed by atoms with van der Waals surface area (Å²) < 4.78 is 30.7. The molecule has 0 saturated carbocycles. The molecule has 3 atom stereocenters. The highest BCUT2D eigenvalue weighted by molar-refractivity contribution is 7.47. The first kappa shape index (κ1) is 77.4. The second kappa shape index (κ2) is 59.6. The van der Waals surface area contributed by atoms with Crippen molar-refractivity contribution in [2.24, 2.45) is 0 Å². The standard InChI is InChI=1S/C71H123N2O7P/c1-7-10-13-16-19-22-25-28-30-32-34-35-36-37-39-40-42-45-48-51-54-57-60-63-70(74)72-68(67-79-81(76,77)78-66-65-73(4,5)6)69(62-59-56-53-50-47-44-27-24-21-18-15-12-9-3)80-71(75)64-61-58-55-52-49-46-43-41-38-33-31-29-26-23-20-17-14-11-8-2/h10,13,19-20,22-23,28-31,34-35,37-39,41,46,49,59,62,68-69H,7-9,11-12,14-18,21,24-27,32-33,36,40,42-45,47-48,50-58,60-61,63-67H2,1-6H3,(H-,72,74,76,77)/p+1/b13-10-,22-19-,23-20-,30-28-,31-29-,35-34-,39-37-,41-38-,49-46-,62-59-. The second-order valence-corrected chi connectivity index (χ2v) is 24.4. The smallest absolute Gasteiger partial charge is 0.456 e. The lowest BCUT2D eigenvalue weighted by molar-refractivity contribution is -0.870. The Labute approximate surface area is 499 Å². The number of amides is 1. The number of likely N-dealkylation sites (N-methyl/N-ethyl adjacent to an activating group) is 1. The van der Waals surface area contributed by atoms with Crippen molar-refractivity contribution in [2.75, 3.05) is 40.9 Å². The van der Waals surface area contributed by atoms with E-state index in [4.69, 9.17) is 13.8 Å². The molecule has 0 radical (unpaired) electrons. The first-order valence-corrected chi connectivity index (χ1v) is 34.4. The summed E-state index contributed by atoms with van der Waals surface area (Å²) in [6, 6.07) is -0.877. The maximum absolute atomic E-state index is 13.6. The number of quaternary nitrogens is 1. The molecule has 0 saturated heterocycles. The Balaban J connectivity index is 5.31. The summed E-state index contributed by atoms with van der Waals surface area (Å²) in [6.07, 6.45) is 83.4. The van der Waals surface area contributed by atoms with E-state index in [1.807, 2.05) is 33.3 Å². The van der Waals surface area contributed by atoms with Gasteiger partial charge in [-0.2, -0.15) is 0 Å². The molecule has 0 bridgehead atoms. The number of carbonyl (C=O) groups is 2. The van der Waals surface area contributed by atoms with Crippen LogP contribution in [0.15, 0.2) is 122 Å². The van der Waals surface area contributed by atoms with E-state index in [2.05, 4.69) is 135 Å². The van der Waals surface area contributed by atoms with Crippen molar-refractivity contribution in [3.05, 3.63) is 122 Å². The first-order valence-electron chi connectivity index (χ1n) is 32.9. The fourth-order valence-corrected chi connectivity index (χ4v) is 9.57. The Hall–Kier alpha value is -3.59.